The molecule has 3 rings (SSSR count). The Kier molecular flexibility index (Phi) is 3.02. The van der Waals surface area contributed by atoms with Crippen molar-refractivity contribution in [3.8, 4) is 0 Å². The summed E-state index contributed by atoms with van der Waals surface area (Å²) >= 11 is 0. The van der Waals surface area contributed by atoms with E-state index in [1.807, 2.05) is 0 Å². The number of nitrogens with two attached hydrogens (primary N) is 1. The van der Waals surface area contributed by atoms with Crippen LogP contribution in [-0.2, 0) is 0 Å². The minimum absolute atomic E-state index is 0.130. The SMILES string of the molecule is Nc1cc(F)c(F)cc1C(=O)Nc1cccc2[nH]ncc12. The Labute approximate surface area is 117 Å². The number of fused-ring (bicyclic) bond motifs is 1. The summed E-state index contributed by atoms with van der Waals surface area (Å²) in [6, 6.07) is 6.75. The first-order chi connectivity index (χ1) is 10.1. The minimum Gasteiger partial charge on any atom is -0.398 e. The van der Waals surface area contributed by atoms with Crippen molar-refractivity contribution in [3.63, 3.8) is 0 Å². The number of nitrogens with one attached hydrogen (secondary N) is 2. The molecule has 1 amide bonds. The number of amides is 1. The van der Waals surface area contributed by atoms with E-state index < -0.39 is 17.5 Å². The van der Waals surface area contributed by atoms with Gasteiger partial charge in [-0.2, -0.15) is 5.10 Å². The number of nitrogens with zero attached hydrogens (tertiary/aromatic N) is 1. The molecule has 0 bridgehead atoms. The van der Waals surface area contributed by atoms with E-state index in [0.717, 1.165) is 17.6 Å². The van der Waals surface area contributed by atoms with E-state index >= 15 is 0 Å². The van der Waals surface area contributed by atoms with Crippen molar-refractivity contribution in [2.75, 3.05) is 11.1 Å². The molecule has 4 N–H and O–H groups in total. The third kappa shape index (κ3) is 2.29. The van der Waals surface area contributed by atoms with E-state index in [9.17, 15) is 13.6 Å². The fraction of sp³-hybridized carbons (Fsp3) is 0. The van der Waals surface area contributed by atoms with E-state index in [1.54, 1.807) is 24.4 Å². The lowest BCUT2D eigenvalue weighted by atomic mass is 10.1. The monoisotopic (exact) mass is 288 g/mol. The Morgan fingerprint density at radius 2 is 2.00 bits per heavy atom. The first kappa shape index (κ1) is 13.0. The van der Waals surface area contributed by atoms with Crippen molar-refractivity contribution in [1.82, 2.24) is 10.2 Å². The molecule has 2 aromatic carbocycles. The maximum Gasteiger partial charge on any atom is 0.257 e. The summed E-state index contributed by atoms with van der Waals surface area (Å²) in [5.41, 5.74) is 6.53. The highest BCUT2D eigenvalue weighted by Crippen LogP contribution is 2.23. The smallest absolute Gasteiger partial charge is 0.257 e. The predicted molar refractivity (Wildman–Crippen MR) is 74.8 cm³/mol. The van der Waals surface area contributed by atoms with Gasteiger partial charge in [0.15, 0.2) is 11.6 Å². The van der Waals surface area contributed by atoms with Crippen LogP contribution in [0.25, 0.3) is 10.9 Å². The summed E-state index contributed by atoms with van der Waals surface area (Å²) in [4.78, 5) is 12.2. The molecule has 1 aromatic heterocycles. The van der Waals surface area contributed by atoms with Gasteiger partial charge in [0.1, 0.15) is 0 Å². The molecular weight excluding hydrogens is 278 g/mol. The van der Waals surface area contributed by atoms with E-state index in [0.29, 0.717) is 11.1 Å². The number of hydrogen-bond donors (Lipinski definition) is 3. The Morgan fingerprint density at radius 3 is 2.81 bits per heavy atom. The van der Waals surface area contributed by atoms with Gasteiger partial charge in [0.25, 0.3) is 5.91 Å². The van der Waals surface area contributed by atoms with Crippen LogP contribution >= 0.6 is 0 Å². The highest BCUT2D eigenvalue weighted by Gasteiger charge is 2.15. The normalized spacial score (nSPS) is 10.8. The highest BCUT2D eigenvalue weighted by atomic mass is 19.2. The van der Waals surface area contributed by atoms with Crippen LogP contribution in [0.4, 0.5) is 20.2 Å². The number of rotatable bonds is 2. The second kappa shape index (κ2) is 4.86. The molecule has 3 aromatic rings. The average Bonchev–Trinajstić information content (AvgIpc) is 2.92. The number of aromatic nitrogens is 2. The molecule has 106 valence electrons. The number of aromatic amines is 1. The predicted octanol–water partition coefficient (Wildman–Crippen LogP) is 2.68. The average molecular weight is 288 g/mol. The van der Waals surface area contributed by atoms with E-state index in [1.165, 1.54) is 0 Å². The molecule has 0 saturated heterocycles. The Balaban J connectivity index is 1.97. The molecule has 0 aliphatic heterocycles. The molecule has 0 aliphatic carbocycles. The minimum atomic E-state index is -1.13. The number of hydrogen-bond acceptors (Lipinski definition) is 3. The van der Waals surface area contributed by atoms with Crippen LogP contribution in [0.2, 0.25) is 0 Å². The summed E-state index contributed by atoms with van der Waals surface area (Å²) in [5, 5.41) is 9.95. The Hall–Kier alpha value is -2.96. The Bertz CT molecular complexity index is 844. The molecule has 7 heteroatoms. The van der Waals surface area contributed by atoms with Gasteiger partial charge in [0, 0.05) is 17.1 Å². The maximum absolute atomic E-state index is 13.2. The van der Waals surface area contributed by atoms with Gasteiger partial charge < -0.3 is 11.1 Å². The zero-order valence-electron chi connectivity index (χ0n) is 10.7. The first-order valence-corrected chi connectivity index (χ1v) is 6.04. The summed E-state index contributed by atoms with van der Waals surface area (Å²) in [6.07, 6.45) is 1.56. The lowest BCUT2D eigenvalue weighted by Crippen LogP contribution is -2.15. The molecule has 0 radical (unpaired) electrons. The highest BCUT2D eigenvalue weighted by molar-refractivity contribution is 6.11. The fourth-order valence-electron chi connectivity index (χ4n) is 2.03. The third-order valence-corrected chi connectivity index (χ3v) is 3.07. The number of nitrogen functional groups attached to an aromatic ring is 1. The van der Waals surface area contributed by atoms with Crippen molar-refractivity contribution in [2.45, 2.75) is 0 Å². The van der Waals surface area contributed by atoms with Crippen molar-refractivity contribution in [3.05, 3.63) is 53.7 Å². The van der Waals surface area contributed by atoms with Crippen molar-refractivity contribution in [1.29, 1.82) is 0 Å². The fourth-order valence-corrected chi connectivity index (χ4v) is 2.03. The zero-order chi connectivity index (χ0) is 15.0. The molecule has 5 nitrogen and oxygen atoms in total. The van der Waals surface area contributed by atoms with Gasteiger partial charge >= 0.3 is 0 Å². The van der Waals surface area contributed by atoms with Gasteiger partial charge in [0.05, 0.1) is 23.0 Å². The second-order valence-electron chi connectivity index (χ2n) is 4.44. The second-order valence-corrected chi connectivity index (χ2v) is 4.44. The molecule has 0 aliphatic rings. The number of carbonyl (C=O) groups is 1. The largest absolute Gasteiger partial charge is 0.398 e. The van der Waals surface area contributed by atoms with Gasteiger partial charge in [-0.15, -0.1) is 0 Å². The lowest BCUT2D eigenvalue weighted by Gasteiger charge is -2.09. The van der Waals surface area contributed by atoms with Crippen LogP contribution in [0, 0.1) is 11.6 Å². The summed E-state index contributed by atoms with van der Waals surface area (Å²) < 4.78 is 26.3. The first-order valence-electron chi connectivity index (χ1n) is 6.04. The lowest BCUT2D eigenvalue weighted by molar-refractivity contribution is 0.102. The van der Waals surface area contributed by atoms with Gasteiger partial charge in [-0.3, -0.25) is 9.89 Å². The quantitative estimate of drug-likeness (QED) is 0.634. The van der Waals surface area contributed by atoms with Crippen LogP contribution in [0.15, 0.2) is 36.5 Å². The Morgan fingerprint density at radius 1 is 1.24 bits per heavy atom. The molecule has 0 saturated carbocycles. The van der Waals surface area contributed by atoms with E-state index in [-0.39, 0.29) is 11.3 Å². The molecule has 0 spiro atoms. The number of H-pyrrole nitrogens is 1. The van der Waals surface area contributed by atoms with Crippen LogP contribution in [0.3, 0.4) is 0 Å². The van der Waals surface area contributed by atoms with Crippen LogP contribution in [-0.4, -0.2) is 16.1 Å². The van der Waals surface area contributed by atoms with Gasteiger partial charge in [0.2, 0.25) is 0 Å². The number of anilines is 2. The van der Waals surface area contributed by atoms with Gasteiger partial charge in [-0.1, -0.05) is 6.07 Å². The molecule has 0 fully saturated rings. The number of halogens is 2. The van der Waals surface area contributed by atoms with E-state index in [4.69, 9.17) is 5.73 Å². The number of benzene rings is 2. The zero-order valence-corrected chi connectivity index (χ0v) is 10.7. The topological polar surface area (TPSA) is 83.8 Å². The number of carbonyl (C=O) groups excluding carboxylic acids is 1. The van der Waals surface area contributed by atoms with Crippen molar-refractivity contribution >= 4 is 28.2 Å². The molecule has 1 heterocycles. The van der Waals surface area contributed by atoms with Crippen molar-refractivity contribution < 1.29 is 13.6 Å². The molecular formula is C14H10F2N4O. The third-order valence-electron chi connectivity index (χ3n) is 3.07. The van der Waals surface area contributed by atoms with Crippen LogP contribution < -0.4 is 11.1 Å². The summed E-state index contributed by atoms with van der Waals surface area (Å²) in [6.45, 7) is 0. The van der Waals surface area contributed by atoms with Gasteiger partial charge in [-0.25, -0.2) is 8.78 Å². The molecule has 21 heavy (non-hydrogen) atoms. The standard InChI is InChI=1S/C14H10F2N4O/c15-9-4-7(11(17)5-10(9)16)14(21)19-12-2-1-3-13-8(12)6-18-20-13/h1-6H,17H2,(H,18,20)(H,19,21). The van der Waals surface area contributed by atoms with Crippen LogP contribution in [0.1, 0.15) is 10.4 Å². The summed E-state index contributed by atoms with van der Waals surface area (Å²) in [7, 11) is 0. The maximum atomic E-state index is 13.2. The molecule has 0 atom stereocenters. The van der Waals surface area contributed by atoms with Crippen molar-refractivity contribution in [2.24, 2.45) is 0 Å². The van der Waals surface area contributed by atoms with Crippen LogP contribution in [0.5, 0.6) is 0 Å². The summed E-state index contributed by atoms with van der Waals surface area (Å²) in [5.74, 6) is -2.85. The van der Waals surface area contributed by atoms with E-state index in [2.05, 4.69) is 15.5 Å². The van der Waals surface area contributed by atoms with Gasteiger partial charge in [-0.05, 0) is 18.2 Å². The molecule has 0 unspecified atom stereocenters.